The highest BCUT2D eigenvalue weighted by Gasteiger charge is 2.39. The zero-order chi connectivity index (χ0) is 14.6. The predicted molar refractivity (Wildman–Crippen MR) is 85.1 cm³/mol. The number of carbonyl (C=O) groups excluding carboxylic acids is 1. The molecule has 1 amide bonds. The van der Waals surface area contributed by atoms with E-state index in [0.717, 1.165) is 38.8 Å². The van der Waals surface area contributed by atoms with E-state index in [4.69, 9.17) is 0 Å². The average Bonchev–Trinajstić information content (AvgIpc) is 2.87. The van der Waals surface area contributed by atoms with Crippen LogP contribution in [0, 0.1) is 12.3 Å². The van der Waals surface area contributed by atoms with Crippen molar-refractivity contribution >= 4 is 17.2 Å². The van der Waals surface area contributed by atoms with Gasteiger partial charge in [-0.25, -0.2) is 0 Å². The first-order chi connectivity index (χ1) is 9.57. The van der Waals surface area contributed by atoms with E-state index in [-0.39, 0.29) is 17.4 Å². The highest BCUT2D eigenvalue weighted by molar-refractivity contribution is 7.12. The van der Waals surface area contributed by atoms with Crippen LogP contribution in [-0.4, -0.2) is 19.0 Å². The van der Waals surface area contributed by atoms with Gasteiger partial charge >= 0.3 is 0 Å². The number of hydrogen-bond acceptors (Lipinski definition) is 3. The van der Waals surface area contributed by atoms with Crippen molar-refractivity contribution in [3.05, 3.63) is 21.9 Å². The molecule has 1 saturated heterocycles. The minimum atomic E-state index is -0.201. The van der Waals surface area contributed by atoms with Gasteiger partial charge in [-0.1, -0.05) is 13.3 Å². The molecule has 1 aliphatic rings. The quantitative estimate of drug-likeness (QED) is 0.874. The second-order valence-electron chi connectivity index (χ2n) is 5.95. The summed E-state index contributed by atoms with van der Waals surface area (Å²) in [6.45, 7) is 8.21. The molecular formula is C16H26N2OS. The molecule has 112 valence electrons. The number of amides is 1. The van der Waals surface area contributed by atoms with Crippen molar-refractivity contribution in [2.75, 3.05) is 13.1 Å². The summed E-state index contributed by atoms with van der Waals surface area (Å²) in [6, 6.07) is 4.35. The maximum Gasteiger partial charge on any atom is 0.228 e. The summed E-state index contributed by atoms with van der Waals surface area (Å²) in [6.07, 6.45) is 4.14. The van der Waals surface area contributed by atoms with Gasteiger partial charge in [0.15, 0.2) is 0 Å². The Balaban J connectivity index is 2.04. The topological polar surface area (TPSA) is 41.1 Å². The van der Waals surface area contributed by atoms with Gasteiger partial charge in [-0.3, -0.25) is 4.79 Å². The molecule has 4 heteroatoms. The molecule has 2 atom stereocenters. The SMILES string of the molecule is CCCC1(C(=O)NC(C)c2ccc(C)s2)CCCNC1. The maximum atomic E-state index is 12.8. The van der Waals surface area contributed by atoms with Crippen LogP contribution >= 0.6 is 11.3 Å². The van der Waals surface area contributed by atoms with Crippen molar-refractivity contribution in [1.29, 1.82) is 0 Å². The number of piperidine rings is 1. The Morgan fingerprint density at radius 3 is 2.90 bits per heavy atom. The first-order valence-corrected chi connectivity index (χ1v) is 8.47. The van der Waals surface area contributed by atoms with E-state index in [2.05, 4.69) is 43.5 Å². The minimum absolute atomic E-state index is 0.108. The van der Waals surface area contributed by atoms with Crippen molar-refractivity contribution in [3.8, 4) is 0 Å². The lowest BCUT2D eigenvalue weighted by Crippen LogP contribution is -2.50. The highest BCUT2D eigenvalue weighted by Crippen LogP contribution is 2.33. The van der Waals surface area contributed by atoms with Gasteiger partial charge in [0, 0.05) is 16.3 Å². The van der Waals surface area contributed by atoms with Crippen LogP contribution in [0.1, 0.15) is 55.3 Å². The normalized spacial score (nSPS) is 24.4. The van der Waals surface area contributed by atoms with Gasteiger partial charge in [-0.05, 0) is 51.8 Å². The van der Waals surface area contributed by atoms with Crippen LogP contribution in [0.2, 0.25) is 0 Å². The summed E-state index contributed by atoms with van der Waals surface area (Å²) in [5.41, 5.74) is -0.201. The van der Waals surface area contributed by atoms with Gasteiger partial charge in [-0.15, -0.1) is 11.3 Å². The van der Waals surface area contributed by atoms with Gasteiger partial charge in [0.05, 0.1) is 11.5 Å². The molecule has 2 rings (SSSR count). The van der Waals surface area contributed by atoms with Crippen LogP contribution in [0.5, 0.6) is 0 Å². The molecule has 2 unspecified atom stereocenters. The van der Waals surface area contributed by atoms with E-state index < -0.39 is 0 Å². The summed E-state index contributed by atoms with van der Waals surface area (Å²) in [5.74, 6) is 0.227. The van der Waals surface area contributed by atoms with Crippen LogP contribution in [-0.2, 0) is 4.79 Å². The number of aryl methyl sites for hydroxylation is 1. The third-order valence-corrected chi connectivity index (χ3v) is 5.40. The van der Waals surface area contributed by atoms with E-state index >= 15 is 0 Å². The number of hydrogen-bond donors (Lipinski definition) is 2. The van der Waals surface area contributed by atoms with Crippen LogP contribution in [0.25, 0.3) is 0 Å². The van der Waals surface area contributed by atoms with Crippen LogP contribution in [0.3, 0.4) is 0 Å². The highest BCUT2D eigenvalue weighted by atomic mass is 32.1. The van der Waals surface area contributed by atoms with Crippen molar-refractivity contribution in [3.63, 3.8) is 0 Å². The smallest absolute Gasteiger partial charge is 0.228 e. The Bertz CT molecular complexity index is 444. The standard InChI is InChI=1S/C16H26N2OS/c1-4-8-16(9-5-10-17-11-16)15(19)18-13(3)14-7-6-12(2)20-14/h6-7,13,17H,4-5,8-11H2,1-3H3,(H,18,19). The van der Waals surface area contributed by atoms with Gasteiger partial charge in [-0.2, -0.15) is 0 Å². The van der Waals surface area contributed by atoms with Gasteiger partial charge in [0.1, 0.15) is 0 Å². The van der Waals surface area contributed by atoms with Gasteiger partial charge < -0.3 is 10.6 Å². The molecule has 0 bridgehead atoms. The fraction of sp³-hybridized carbons (Fsp3) is 0.688. The van der Waals surface area contributed by atoms with Crippen LogP contribution in [0.4, 0.5) is 0 Å². The first-order valence-electron chi connectivity index (χ1n) is 7.65. The molecule has 1 fully saturated rings. The van der Waals surface area contributed by atoms with Crippen LogP contribution in [0.15, 0.2) is 12.1 Å². The zero-order valence-corrected chi connectivity index (χ0v) is 13.6. The van der Waals surface area contributed by atoms with Crippen LogP contribution < -0.4 is 10.6 Å². The third-order valence-electron chi connectivity index (χ3n) is 4.22. The maximum absolute atomic E-state index is 12.8. The van der Waals surface area contributed by atoms with E-state index in [0.29, 0.717) is 0 Å². The molecule has 0 aromatic carbocycles. The fourth-order valence-electron chi connectivity index (χ4n) is 3.07. The second kappa shape index (κ2) is 6.72. The van der Waals surface area contributed by atoms with Crippen molar-refractivity contribution < 1.29 is 4.79 Å². The Kier molecular flexibility index (Phi) is 5.22. The Labute approximate surface area is 126 Å². The molecule has 1 aromatic rings. The number of carbonyl (C=O) groups is 1. The number of thiophene rings is 1. The zero-order valence-electron chi connectivity index (χ0n) is 12.8. The summed E-state index contributed by atoms with van der Waals surface area (Å²) in [7, 11) is 0. The van der Waals surface area contributed by atoms with Crippen molar-refractivity contribution in [1.82, 2.24) is 10.6 Å². The molecule has 1 aliphatic heterocycles. The lowest BCUT2D eigenvalue weighted by atomic mass is 9.76. The molecule has 20 heavy (non-hydrogen) atoms. The molecule has 0 aliphatic carbocycles. The summed E-state index contributed by atoms with van der Waals surface area (Å²) >= 11 is 1.77. The Morgan fingerprint density at radius 1 is 1.55 bits per heavy atom. The Hall–Kier alpha value is -0.870. The lowest BCUT2D eigenvalue weighted by molar-refractivity contribution is -0.133. The van der Waals surface area contributed by atoms with E-state index in [1.165, 1.54) is 9.75 Å². The summed E-state index contributed by atoms with van der Waals surface area (Å²) in [4.78, 5) is 15.3. The summed E-state index contributed by atoms with van der Waals surface area (Å²) < 4.78 is 0. The molecule has 0 saturated carbocycles. The minimum Gasteiger partial charge on any atom is -0.348 e. The lowest BCUT2D eigenvalue weighted by Gasteiger charge is -2.37. The summed E-state index contributed by atoms with van der Waals surface area (Å²) in [5, 5.41) is 6.64. The first kappa shape index (κ1) is 15.5. The second-order valence-corrected chi connectivity index (χ2v) is 7.27. The molecule has 3 nitrogen and oxygen atoms in total. The molecule has 0 radical (unpaired) electrons. The predicted octanol–water partition coefficient (Wildman–Crippen LogP) is 3.40. The van der Waals surface area contributed by atoms with E-state index in [1.54, 1.807) is 11.3 Å². The molecule has 1 aromatic heterocycles. The molecular weight excluding hydrogens is 268 g/mol. The number of nitrogens with one attached hydrogen (secondary N) is 2. The fourth-order valence-corrected chi connectivity index (χ4v) is 3.95. The van der Waals surface area contributed by atoms with E-state index in [9.17, 15) is 4.79 Å². The third kappa shape index (κ3) is 3.41. The molecule has 2 heterocycles. The number of rotatable bonds is 5. The monoisotopic (exact) mass is 294 g/mol. The molecule has 0 spiro atoms. The van der Waals surface area contributed by atoms with Gasteiger partial charge in [0.2, 0.25) is 5.91 Å². The molecule has 2 N–H and O–H groups in total. The van der Waals surface area contributed by atoms with Gasteiger partial charge in [0.25, 0.3) is 0 Å². The average molecular weight is 294 g/mol. The Morgan fingerprint density at radius 2 is 2.35 bits per heavy atom. The largest absolute Gasteiger partial charge is 0.348 e. The van der Waals surface area contributed by atoms with Crippen molar-refractivity contribution in [2.24, 2.45) is 5.41 Å². The van der Waals surface area contributed by atoms with E-state index in [1.807, 2.05) is 0 Å². The van der Waals surface area contributed by atoms with Crippen molar-refractivity contribution in [2.45, 2.75) is 52.5 Å².